The fourth-order valence-electron chi connectivity index (χ4n) is 4.86. The molecule has 0 bridgehead atoms. The third-order valence-electron chi connectivity index (χ3n) is 6.38. The molecule has 1 aliphatic rings. The van der Waals surface area contributed by atoms with E-state index >= 15 is 0 Å². The van der Waals surface area contributed by atoms with E-state index in [9.17, 15) is 18.3 Å². The number of carbonyl (C=O) groups is 1. The van der Waals surface area contributed by atoms with Gasteiger partial charge in [0.05, 0.1) is 10.9 Å². The Kier molecular flexibility index (Phi) is 6.46. The summed E-state index contributed by atoms with van der Waals surface area (Å²) >= 11 is 12.3. The highest BCUT2D eigenvalue weighted by Gasteiger charge is 2.45. The lowest BCUT2D eigenvalue weighted by Crippen LogP contribution is -2.33. The first kappa shape index (κ1) is 24.6. The molecule has 0 radical (unpaired) electrons. The Morgan fingerprint density at radius 2 is 1.72 bits per heavy atom. The van der Waals surface area contributed by atoms with Crippen molar-refractivity contribution in [3.8, 4) is 5.75 Å². The normalized spacial score (nSPS) is 16.8. The molecule has 0 spiro atoms. The Morgan fingerprint density at radius 3 is 2.44 bits per heavy atom. The minimum absolute atomic E-state index is 0.0793. The van der Waals surface area contributed by atoms with E-state index in [0.29, 0.717) is 43.5 Å². The third kappa shape index (κ3) is 4.24. The second-order valence-electron chi connectivity index (χ2n) is 8.50. The van der Waals surface area contributed by atoms with Crippen LogP contribution in [-0.4, -0.2) is 41.5 Å². The monoisotopic (exact) mass is 544 g/mol. The van der Waals surface area contributed by atoms with Crippen LogP contribution < -0.4 is 4.74 Å². The first-order chi connectivity index (χ1) is 17.2. The van der Waals surface area contributed by atoms with Gasteiger partial charge in [0.1, 0.15) is 18.9 Å². The van der Waals surface area contributed by atoms with Crippen LogP contribution >= 0.6 is 23.2 Å². The number of carboxylic acids is 1. The van der Waals surface area contributed by atoms with Crippen molar-refractivity contribution in [1.29, 1.82) is 0 Å². The average Bonchev–Trinajstić information content (AvgIpc) is 3.22. The number of aliphatic carboxylic acids is 1. The Labute approximate surface area is 218 Å². The zero-order valence-corrected chi connectivity index (χ0v) is 21.5. The molecule has 1 atom stereocenters. The van der Waals surface area contributed by atoms with Gasteiger partial charge in [-0.2, -0.15) is 4.31 Å². The van der Waals surface area contributed by atoms with E-state index in [0.717, 1.165) is 0 Å². The van der Waals surface area contributed by atoms with Crippen LogP contribution in [0.2, 0.25) is 10.0 Å². The van der Waals surface area contributed by atoms with E-state index < -0.39 is 22.0 Å². The Bertz CT molecular complexity index is 1580. The molecular weight excluding hydrogens is 523 g/mol. The van der Waals surface area contributed by atoms with Crippen molar-refractivity contribution < 1.29 is 23.1 Å². The molecule has 0 saturated heterocycles. The van der Waals surface area contributed by atoms with Crippen LogP contribution in [0.15, 0.2) is 71.6 Å². The van der Waals surface area contributed by atoms with Gasteiger partial charge in [-0.15, -0.1) is 0 Å². The molecule has 10 heteroatoms. The van der Waals surface area contributed by atoms with Crippen LogP contribution in [0.1, 0.15) is 22.9 Å². The summed E-state index contributed by atoms with van der Waals surface area (Å²) in [6.07, 6.45) is 0. The largest absolute Gasteiger partial charge is 0.492 e. The summed E-state index contributed by atoms with van der Waals surface area (Å²) in [5.74, 6) is -0.421. The van der Waals surface area contributed by atoms with E-state index in [2.05, 4.69) is 0 Å². The van der Waals surface area contributed by atoms with Gasteiger partial charge in [0.25, 0.3) is 0 Å². The first-order valence-corrected chi connectivity index (χ1v) is 13.4. The number of fused-ring (bicyclic) bond motifs is 2. The molecule has 1 N–H and O–H groups in total. The van der Waals surface area contributed by atoms with Gasteiger partial charge in [-0.05, 0) is 61.0 Å². The number of sulfonamides is 1. The zero-order chi connectivity index (χ0) is 25.6. The highest BCUT2D eigenvalue weighted by molar-refractivity contribution is 7.89. The predicted octanol–water partition coefficient (Wildman–Crippen LogP) is 5.51. The Hall–Kier alpha value is -3.04. The molecule has 0 aliphatic carbocycles. The average molecular weight is 545 g/mol. The van der Waals surface area contributed by atoms with Gasteiger partial charge in [0.15, 0.2) is 0 Å². The van der Waals surface area contributed by atoms with Crippen LogP contribution in [0.5, 0.6) is 5.75 Å². The van der Waals surface area contributed by atoms with Crippen molar-refractivity contribution in [3.05, 3.63) is 93.6 Å². The maximum Gasteiger partial charge on any atom is 0.323 e. The maximum absolute atomic E-state index is 13.7. The van der Waals surface area contributed by atoms with Gasteiger partial charge in [-0.1, -0.05) is 41.4 Å². The Morgan fingerprint density at radius 1 is 1.03 bits per heavy atom. The molecule has 7 nitrogen and oxygen atoms in total. The van der Waals surface area contributed by atoms with Crippen molar-refractivity contribution in [2.24, 2.45) is 0 Å². The lowest BCUT2D eigenvalue weighted by Gasteiger charge is -2.24. The summed E-state index contributed by atoms with van der Waals surface area (Å²) in [4.78, 5) is 11.9. The number of ether oxygens (including phenoxy) is 1. The van der Waals surface area contributed by atoms with E-state index in [1.54, 1.807) is 71.3 Å². The molecule has 36 heavy (non-hydrogen) atoms. The van der Waals surface area contributed by atoms with Crippen LogP contribution in [0.25, 0.3) is 10.9 Å². The molecular formula is C26H22Cl2N2O5S. The second kappa shape index (κ2) is 9.44. The summed E-state index contributed by atoms with van der Waals surface area (Å²) in [6.45, 7) is 1.74. The topological polar surface area (TPSA) is 88.8 Å². The smallest absolute Gasteiger partial charge is 0.323 e. The van der Waals surface area contributed by atoms with Gasteiger partial charge >= 0.3 is 5.97 Å². The van der Waals surface area contributed by atoms with E-state index in [4.69, 9.17) is 27.9 Å². The van der Waals surface area contributed by atoms with Gasteiger partial charge in [0.2, 0.25) is 10.0 Å². The zero-order valence-electron chi connectivity index (χ0n) is 19.2. The summed E-state index contributed by atoms with van der Waals surface area (Å²) in [5, 5.41) is 11.3. The van der Waals surface area contributed by atoms with E-state index in [1.807, 2.05) is 6.92 Å². The van der Waals surface area contributed by atoms with Crippen molar-refractivity contribution in [1.82, 2.24) is 8.87 Å². The molecule has 5 rings (SSSR count). The highest BCUT2D eigenvalue weighted by Crippen LogP contribution is 2.47. The van der Waals surface area contributed by atoms with Crippen LogP contribution in [0.4, 0.5) is 0 Å². The molecule has 1 unspecified atom stereocenters. The summed E-state index contributed by atoms with van der Waals surface area (Å²) in [7, 11) is -3.84. The molecule has 3 aromatic carbocycles. The Balaban J connectivity index is 1.62. The highest BCUT2D eigenvalue weighted by atomic mass is 35.5. The van der Waals surface area contributed by atoms with Crippen LogP contribution in [0.3, 0.4) is 0 Å². The molecule has 2 heterocycles. The van der Waals surface area contributed by atoms with Gasteiger partial charge in [0, 0.05) is 38.8 Å². The van der Waals surface area contributed by atoms with E-state index in [1.165, 1.54) is 4.31 Å². The van der Waals surface area contributed by atoms with Crippen molar-refractivity contribution in [3.63, 3.8) is 0 Å². The minimum atomic E-state index is -3.84. The number of rotatable bonds is 7. The summed E-state index contributed by atoms with van der Waals surface area (Å²) in [6, 6.07) is 18.3. The second-order valence-corrected chi connectivity index (χ2v) is 11.2. The molecule has 0 saturated carbocycles. The number of benzene rings is 3. The lowest BCUT2D eigenvalue weighted by molar-refractivity contribution is -0.137. The number of halogens is 2. The number of aromatic nitrogens is 1. The van der Waals surface area contributed by atoms with Gasteiger partial charge in [-0.25, -0.2) is 8.42 Å². The quantitative estimate of drug-likeness (QED) is 0.331. The number of hydrogen-bond acceptors (Lipinski definition) is 4. The fourth-order valence-corrected chi connectivity index (χ4v) is 6.95. The fraction of sp³-hybridized carbons (Fsp3) is 0.192. The maximum atomic E-state index is 13.7. The summed E-state index contributed by atoms with van der Waals surface area (Å²) < 4.78 is 36.3. The predicted molar refractivity (Wildman–Crippen MR) is 138 cm³/mol. The molecule has 0 fully saturated rings. The summed E-state index contributed by atoms with van der Waals surface area (Å²) in [5.41, 5.74) is 2.67. The van der Waals surface area contributed by atoms with Crippen molar-refractivity contribution in [2.45, 2.75) is 24.4 Å². The molecule has 4 aromatic rings. The van der Waals surface area contributed by atoms with Gasteiger partial charge < -0.3 is 14.4 Å². The first-order valence-electron chi connectivity index (χ1n) is 11.2. The van der Waals surface area contributed by atoms with Crippen molar-refractivity contribution >= 4 is 50.1 Å². The third-order valence-corrected chi connectivity index (χ3v) is 8.81. The standard InChI is InChI=1S/C26H22Cl2N2O5S/c1-16-25(21-14-18(28)8-11-22(21)29(16)15-24(31)32)26-20-4-2-3-5-23(20)36(33,34)30(26)12-13-35-19-9-6-17(27)7-10-19/h2-11,14,26H,12-13,15H2,1H3,(H,31,32). The van der Waals surface area contributed by atoms with E-state index in [-0.39, 0.29) is 24.6 Å². The van der Waals surface area contributed by atoms with Crippen molar-refractivity contribution in [2.75, 3.05) is 13.2 Å². The lowest BCUT2D eigenvalue weighted by atomic mass is 9.96. The number of nitrogens with zero attached hydrogens (tertiary/aromatic N) is 2. The number of carboxylic acid groups (broad SMARTS) is 1. The molecule has 1 aromatic heterocycles. The SMILES string of the molecule is Cc1c(C2c3ccccc3S(=O)(=O)N2CCOc2ccc(Cl)cc2)c2cc(Cl)ccc2n1CC(=O)O. The molecule has 1 aliphatic heterocycles. The van der Waals surface area contributed by atoms with Crippen LogP contribution in [0, 0.1) is 6.92 Å². The number of hydrogen-bond donors (Lipinski definition) is 1. The molecule has 186 valence electrons. The van der Waals surface area contributed by atoms with Gasteiger partial charge in [-0.3, -0.25) is 4.79 Å². The van der Waals surface area contributed by atoms with Crippen LogP contribution in [-0.2, 0) is 21.4 Å². The minimum Gasteiger partial charge on any atom is -0.492 e. The molecule has 0 amide bonds.